The van der Waals surface area contributed by atoms with Crippen LogP contribution in [0.4, 0.5) is 5.82 Å². The van der Waals surface area contributed by atoms with Gasteiger partial charge in [0, 0.05) is 57.3 Å². The Labute approximate surface area is 174 Å². The van der Waals surface area contributed by atoms with Crippen LogP contribution in [-0.2, 0) is 4.79 Å². The third-order valence-corrected chi connectivity index (χ3v) is 7.01. The predicted molar refractivity (Wildman–Crippen MR) is 113 cm³/mol. The van der Waals surface area contributed by atoms with Crippen LogP contribution in [0.3, 0.4) is 0 Å². The first-order chi connectivity index (χ1) is 14.3. The van der Waals surface area contributed by atoms with Gasteiger partial charge in [-0.2, -0.15) is 4.98 Å². The number of hydrogen-bond acceptors (Lipinski definition) is 8. The maximum absolute atomic E-state index is 12.7. The van der Waals surface area contributed by atoms with Gasteiger partial charge in [0.1, 0.15) is 5.69 Å². The van der Waals surface area contributed by atoms with Crippen molar-refractivity contribution in [3.05, 3.63) is 30.8 Å². The zero-order valence-corrected chi connectivity index (χ0v) is 17.2. The van der Waals surface area contributed by atoms with E-state index in [1.54, 1.807) is 6.20 Å². The molecule has 0 aliphatic carbocycles. The van der Waals surface area contributed by atoms with E-state index in [2.05, 4.69) is 25.1 Å². The second-order valence-electron chi connectivity index (χ2n) is 7.73. The van der Waals surface area contributed by atoms with E-state index in [1.807, 2.05) is 34.9 Å². The van der Waals surface area contributed by atoms with Crippen molar-refractivity contribution in [3.8, 4) is 11.5 Å². The first kappa shape index (κ1) is 18.9. The summed E-state index contributed by atoms with van der Waals surface area (Å²) in [6, 6.07) is 6.20. The van der Waals surface area contributed by atoms with Gasteiger partial charge in [0.15, 0.2) is 18.0 Å². The fourth-order valence-corrected chi connectivity index (χ4v) is 5.38. The number of pyridine rings is 1. The lowest BCUT2D eigenvalue weighted by Crippen LogP contribution is -2.51. The van der Waals surface area contributed by atoms with Crippen LogP contribution in [0.1, 0.15) is 6.42 Å². The lowest BCUT2D eigenvalue weighted by molar-refractivity contribution is -0.131. The largest absolute Gasteiger partial charge is 0.439 e. The standard InChI is InChI=1S/C20H26N6O2S/c27-20(26-9-10-29-14-26)17-11-15(12-22-17)24-5-7-25(8-6-24)19-18(28-13-23-19)16-3-1-2-4-21-16/h1-4,13,15,17,22H,5-12,14H2/t15-,17-/m0/s1. The maximum atomic E-state index is 12.7. The molecule has 0 spiro atoms. The highest BCUT2D eigenvalue weighted by atomic mass is 32.2. The van der Waals surface area contributed by atoms with Gasteiger partial charge in [-0.3, -0.25) is 14.7 Å². The Bertz CT molecular complexity index is 833. The molecule has 3 aliphatic rings. The Kier molecular flexibility index (Phi) is 5.43. The monoisotopic (exact) mass is 414 g/mol. The highest BCUT2D eigenvalue weighted by Gasteiger charge is 2.37. The van der Waals surface area contributed by atoms with E-state index >= 15 is 0 Å². The summed E-state index contributed by atoms with van der Waals surface area (Å²) < 4.78 is 5.64. The fourth-order valence-electron chi connectivity index (χ4n) is 4.43. The van der Waals surface area contributed by atoms with E-state index < -0.39 is 0 Å². The van der Waals surface area contributed by atoms with Crippen LogP contribution in [0, 0.1) is 0 Å². The van der Waals surface area contributed by atoms with Crippen LogP contribution < -0.4 is 10.2 Å². The lowest BCUT2D eigenvalue weighted by Gasteiger charge is -2.38. The Morgan fingerprint density at radius 1 is 1.17 bits per heavy atom. The molecule has 1 N–H and O–H groups in total. The third-order valence-electron chi connectivity index (χ3n) is 6.05. The van der Waals surface area contributed by atoms with Crippen LogP contribution in [0.5, 0.6) is 0 Å². The average molecular weight is 415 g/mol. The molecule has 0 aromatic carbocycles. The van der Waals surface area contributed by atoms with Crippen molar-refractivity contribution in [3.63, 3.8) is 0 Å². The highest BCUT2D eigenvalue weighted by Crippen LogP contribution is 2.29. The van der Waals surface area contributed by atoms with Crippen molar-refractivity contribution in [2.45, 2.75) is 18.5 Å². The molecular weight excluding hydrogens is 388 g/mol. The molecule has 2 atom stereocenters. The molecule has 8 nitrogen and oxygen atoms in total. The Balaban J connectivity index is 1.18. The molecule has 9 heteroatoms. The van der Waals surface area contributed by atoms with Crippen LogP contribution in [-0.4, -0.2) is 88.7 Å². The Morgan fingerprint density at radius 3 is 2.83 bits per heavy atom. The van der Waals surface area contributed by atoms with Crippen molar-refractivity contribution >= 4 is 23.5 Å². The van der Waals surface area contributed by atoms with Gasteiger partial charge in [0.25, 0.3) is 0 Å². The molecule has 3 saturated heterocycles. The van der Waals surface area contributed by atoms with E-state index in [0.717, 1.165) is 74.6 Å². The molecule has 1 amide bonds. The smallest absolute Gasteiger partial charge is 0.240 e. The fraction of sp³-hybridized carbons (Fsp3) is 0.550. The molecule has 2 aromatic heterocycles. The summed E-state index contributed by atoms with van der Waals surface area (Å²) in [5.74, 6) is 3.78. The number of piperazine rings is 1. The number of thioether (sulfide) groups is 1. The summed E-state index contributed by atoms with van der Waals surface area (Å²) in [6.07, 6.45) is 4.17. The number of rotatable bonds is 4. The van der Waals surface area contributed by atoms with Gasteiger partial charge in [-0.25, -0.2) is 0 Å². The molecule has 0 bridgehead atoms. The van der Waals surface area contributed by atoms with E-state index in [9.17, 15) is 4.79 Å². The number of nitrogens with one attached hydrogen (secondary N) is 1. The topological polar surface area (TPSA) is 77.7 Å². The van der Waals surface area contributed by atoms with Gasteiger partial charge in [-0.05, 0) is 18.6 Å². The number of aromatic nitrogens is 2. The SMILES string of the molecule is O=C([C@@H]1C[C@H](N2CCN(c3ncoc3-c3ccccn3)CC2)CN1)N1CCSC1. The first-order valence-electron chi connectivity index (χ1n) is 10.2. The molecule has 5 rings (SSSR count). The molecular formula is C20H26N6O2S. The van der Waals surface area contributed by atoms with Gasteiger partial charge in [-0.15, -0.1) is 11.8 Å². The summed E-state index contributed by atoms with van der Waals surface area (Å²) >= 11 is 1.84. The molecule has 154 valence electrons. The first-order valence-corrected chi connectivity index (χ1v) is 11.4. The summed E-state index contributed by atoms with van der Waals surface area (Å²) in [7, 11) is 0. The Morgan fingerprint density at radius 2 is 2.07 bits per heavy atom. The van der Waals surface area contributed by atoms with Crippen molar-refractivity contribution < 1.29 is 9.21 Å². The second-order valence-corrected chi connectivity index (χ2v) is 8.81. The molecule has 3 aliphatic heterocycles. The normalized spacial score (nSPS) is 25.7. The Hall–Kier alpha value is -2.10. The van der Waals surface area contributed by atoms with E-state index in [4.69, 9.17) is 4.42 Å². The molecule has 2 aromatic rings. The van der Waals surface area contributed by atoms with Crippen LogP contribution in [0.15, 0.2) is 35.2 Å². The van der Waals surface area contributed by atoms with E-state index in [-0.39, 0.29) is 11.9 Å². The van der Waals surface area contributed by atoms with Crippen LogP contribution in [0.25, 0.3) is 11.5 Å². The van der Waals surface area contributed by atoms with Gasteiger partial charge >= 0.3 is 0 Å². The number of carbonyl (C=O) groups excluding carboxylic acids is 1. The van der Waals surface area contributed by atoms with Gasteiger partial charge in [0.05, 0.1) is 11.9 Å². The van der Waals surface area contributed by atoms with E-state index in [0.29, 0.717) is 6.04 Å². The molecule has 5 heterocycles. The minimum absolute atomic E-state index is 0.0250. The number of carbonyl (C=O) groups is 1. The van der Waals surface area contributed by atoms with Gasteiger partial charge in [-0.1, -0.05) is 6.07 Å². The number of hydrogen-bond donors (Lipinski definition) is 1. The van der Waals surface area contributed by atoms with Gasteiger partial charge in [0.2, 0.25) is 5.91 Å². The summed E-state index contributed by atoms with van der Waals surface area (Å²) in [6.45, 7) is 5.49. The second kappa shape index (κ2) is 8.33. The number of oxazole rings is 1. The number of amides is 1. The minimum atomic E-state index is -0.0250. The summed E-state index contributed by atoms with van der Waals surface area (Å²) in [5, 5.41) is 3.46. The average Bonchev–Trinajstić information content (AvgIpc) is 3.56. The summed E-state index contributed by atoms with van der Waals surface area (Å²) in [4.78, 5) is 28.3. The zero-order valence-electron chi connectivity index (χ0n) is 16.4. The minimum Gasteiger partial charge on any atom is -0.439 e. The molecule has 29 heavy (non-hydrogen) atoms. The van der Waals surface area contributed by atoms with Crippen LogP contribution in [0.2, 0.25) is 0 Å². The summed E-state index contributed by atoms with van der Waals surface area (Å²) in [5.41, 5.74) is 0.809. The quantitative estimate of drug-likeness (QED) is 0.798. The van der Waals surface area contributed by atoms with Crippen molar-refractivity contribution in [2.24, 2.45) is 0 Å². The predicted octanol–water partition coefficient (Wildman–Crippen LogP) is 1.12. The van der Waals surface area contributed by atoms with Crippen molar-refractivity contribution in [1.82, 2.24) is 25.1 Å². The third kappa shape index (κ3) is 3.86. The lowest BCUT2D eigenvalue weighted by atomic mass is 10.1. The maximum Gasteiger partial charge on any atom is 0.240 e. The molecule has 0 radical (unpaired) electrons. The molecule has 0 unspecified atom stereocenters. The molecule has 0 saturated carbocycles. The highest BCUT2D eigenvalue weighted by molar-refractivity contribution is 7.99. The van der Waals surface area contributed by atoms with Crippen molar-refractivity contribution in [2.75, 3.05) is 55.8 Å². The van der Waals surface area contributed by atoms with E-state index in [1.165, 1.54) is 6.39 Å². The van der Waals surface area contributed by atoms with Gasteiger partial charge < -0.3 is 19.5 Å². The van der Waals surface area contributed by atoms with Crippen LogP contribution >= 0.6 is 11.8 Å². The number of nitrogens with zero attached hydrogens (tertiary/aromatic N) is 5. The molecule has 3 fully saturated rings. The number of anilines is 1. The zero-order chi connectivity index (χ0) is 19.6. The van der Waals surface area contributed by atoms with Crippen molar-refractivity contribution in [1.29, 1.82) is 0 Å².